The van der Waals surface area contributed by atoms with Crippen LogP contribution >= 0.6 is 11.3 Å². The Labute approximate surface area is 151 Å². The summed E-state index contributed by atoms with van der Waals surface area (Å²) in [6.07, 6.45) is 2.24. The molecule has 25 heavy (non-hydrogen) atoms. The van der Waals surface area contributed by atoms with Gasteiger partial charge in [0.2, 0.25) is 0 Å². The molecular formula is C19H23N2O3S+. The molecule has 1 aliphatic heterocycles. The summed E-state index contributed by atoms with van der Waals surface area (Å²) in [5.41, 5.74) is 0.904. The summed E-state index contributed by atoms with van der Waals surface area (Å²) >= 11 is 1.75. The number of benzene rings is 1. The largest absolute Gasteiger partial charge is 0.462 e. The van der Waals surface area contributed by atoms with Crippen LogP contribution in [0.15, 0.2) is 41.8 Å². The molecule has 2 atom stereocenters. The number of hydrogen-bond acceptors (Lipinski definition) is 4. The first-order chi connectivity index (χ1) is 12.2. The number of carbonyl (C=O) groups is 2. The van der Waals surface area contributed by atoms with Gasteiger partial charge in [-0.05, 0) is 30.5 Å². The molecule has 1 fully saturated rings. The lowest BCUT2D eigenvalue weighted by Gasteiger charge is -2.20. The zero-order valence-electron chi connectivity index (χ0n) is 14.3. The molecule has 0 radical (unpaired) electrons. The number of anilines is 1. The summed E-state index contributed by atoms with van der Waals surface area (Å²) in [6.45, 7) is 3.47. The molecule has 1 aromatic heterocycles. The SMILES string of the molecule is CCOC(=O)c1ccccc1NC(=O)C[NH+]1CCC[C@@H]1c1cccs1. The highest BCUT2D eigenvalue weighted by Gasteiger charge is 2.32. The van der Waals surface area contributed by atoms with Gasteiger partial charge in [0.05, 0.1) is 29.3 Å². The number of amides is 1. The maximum absolute atomic E-state index is 12.5. The van der Waals surface area contributed by atoms with Crippen LogP contribution < -0.4 is 10.2 Å². The second-order valence-electron chi connectivity index (χ2n) is 6.11. The maximum atomic E-state index is 12.5. The van der Waals surface area contributed by atoms with Crippen molar-refractivity contribution in [2.24, 2.45) is 0 Å². The molecule has 5 nitrogen and oxygen atoms in total. The lowest BCUT2D eigenvalue weighted by Crippen LogP contribution is -3.11. The Hall–Kier alpha value is -2.18. The number of rotatable bonds is 6. The molecule has 0 bridgehead atoms. The van der Waals surface area contributed by atoms with Crippen molar-refractivity contribution in [3.63, 3.8) is 0 Å². The Morgan fingerprint density at radius 3 is 2.88 bits per heavy atom. The lowest BCUT2D eigenvalue weighted by atomic mass is 10.1. The highest BCUT2D eigenvalue weighted by molar-refractivity contribution is 7.10. The van der Waals surface area contributed by atoms with E-state index in [4.69, 9.17) is 4.74 Å². The molecule has 1 saturated heterocycles. The molecular weight excluding hydrogens is 336 g/mol. The summed E-state index contributed by atoms with van der Waals surface area (Å²) < 4.78 is 5.06. The minimum atomic E-state index is -0.414. The number of thiophene rings is 1. The molecule has 0 saturated carbocycles. The third-order valence-electron chi connectivity index (χ3n) is 4.45. The van der Waals surface area contributed by atoms with E-state index >= 15 is 0 Å². The lowest BCUT2D eigenvalue weighted by molar-refractivity contribution is -0.910. The van der Waals surface area contributed by atoms with E-state index in [1.54, 1.807) is 42.5 Å². The van der Waals surface area contributed by atoms with E-state index in [-0.39, 0.29) is 5.91 Å². The molecule has 6 heteroatoms. The van der Waals surface area contributed by atoms with Crippen LogP contribution in [0.4, 0.5) is 5.69 Å². The topological polar surface area (TPSA) is 59.8 Å². The fourth-order valence-corrected chi connectivity index (χ4v) is 4.26. The number of nitrogens with one attached hydrogen (secondary N) is 2. The normalized spacial score (nSPS) is 19.6. The van der Waals surface area contributed by atoms with Crippen LogP contribution in [0, 0.1) is 0 Å². The maximum Gasteiger partial charge on any atom is 0.340 e. The third kappa shape index (κ3) is 4.27. The van der Waals surface area contributed by atoms with Crippen molar-refractivity contribution >= 4 is 28.9 Å². The average molecular weight is 359 g/mol. The summed E-state index contributed by atoms with van der Waals surface area (Å²) in [5.74, 6) is -0.487. The number of likely N-dealkylation sites (tertiary alicyclic amines) is 1. The molecule has 2 aromatic rings. The van der Waals surface area contributed by atoms with Crippen LogP contribution in [0.3, 0.4) is 0 Å². The summed E-state index contributed by atoms with van der Waals surface area (Å²) in [6, 6.07) is 11.6. The number of ether oxygens (including phenoxy) is 1. The summed E-state index contributed by atoms with van der Waals surface area (Å²) in [7, 11) is 0. The zero-order valence-corrected chi connectivity index (χ0v) is 15.1. The van der Waals surface area contributed by atoms with Gasteiger partial charge in [0.15, 0.2) is 6.54 Å². The molecule has 0 aliphatic carbocycles. The Morgan fingerprint density at radius 2 is 2.12 bits per heavy atom. The monoisotopic (exact) mass is 359 g/mol. The van der Waals surface area contributed by atoms with Crippen LogP contribution in [-0.4, -0.2) is 31.6 Å². The standard InChI is InChI=1S/C19H22N2O3S/c1-2-24-19(23)14-7-3-4-8-15(14)20-18(22)13-21-11-5-9-16(21)17-10-6-12-25-17/h3-4,6-8,10,12,16H,2,5,9,11,13H2,1H3,(H,20,22)/p+1/t16-/m1/s1. The van der Waals surface area contributed by atoms with E-state index in [9.17, 15) is 9.59 Å². The minimum absolute atomic E-state index is 0.0739. The average Bonchev–Trinajstić information content (AvgIpc) is 3.26. The second kappa shape index (κ2) is 8.27. The first-order valence-corrected chi connectivity index (χ1v) is 9.51. The fourth-order valence-electron chi connectivity index (χ4n) is 3.34. The van der Waals surface area contributed by atoms with Crippen molar-refractivity contribution in [1.82, 2.24) is 0 Å². The van der Waals surface area contributed by atoms with Crippen molar-refractivity contribution in [3.8, 4) is 0 Å². The van der Waals surface area contributed by atoms with Crippen LogP contribution in [0.5, 0.6) is 0 Å². The molecule has 2 heterocycles. The van der Waals surface area contributed by atoms with E-state index in [0.29, 0.717) is 30.4 Å². The molecule has 2 N–H and O–H groups in total. The predicted molar refractivity (Wildman–Crippen MR) is 98.0 cm³/mol. The number of esters is 1. The van der Waals surface area contributed by atoms with E-state index in [0.717, 1.165) is 19.4 Å². The number of hydrogen-bond donors (Lipinski definition) is 2. The zero-order chi connectivity index (χ0) is 17.6. The van der Waals surface area contributed by atoms with Crippen molar-refractivity contribution in [3.05, 3.63) is 52.2 Å². The van der Waals surface area contributed by atoms with Gasteiger partial charge in [-0.2, -0.15) is 0 Å². The van der Waals surface area contributed by atoms with Gasteiger partial charge in [-0.1, -0.05) is 18.2 Å². The van der Waals surface area contributed by atoms with Gasteiger partial charge < -0.3 is 15.0 Å². The Kier molecular flexibility index (Phi) is 5.83. The van der Waals surface area contributed by atoms with Crippen molar-refractivity contribution in [1.29, 1.82) is 0 Å². The molecule has 1 unspecified atom stereocenters. The first kappa shape index (κ1) is 17.6. The van der Waals surface area contributed by atoms with Gasteiger partial charge in [0.1, 0.15) is 6.04 Å². The molecule has 0 spiro atoms. The quantitative estimate of drug-likeness (QED) is 0.778. The molecule has 3 rings (SSSR count). The number of quaternary nitrogens is 1. The summed E-state index contributed by atoms with van der Waals surface area (Å²) in [4.78, 5) is 27.2. The van der Waals surface area contributed by atoms with Crippen LogP contribution in [0.1, 0.15) is 41.0 Å². The number of carbonyl (C=O) groups excluding carboxylic acids is 2. The highest BCUT2D eigenvalue weighted by Crippen LogP contribution is 2.23. The van der Waals surface area contributed by atoms with Crippen LogP contribution in [0.2, 0.25) is 0 Å². The highest BCUT2D eigenvalue weighted by atomic mass is 32.1. The smallest absolute Gasteiger partial charge is 0.340 e. The third-order valence-corrected chi connectivity index (χ3v) is 5.44. The van der Waals surface area contributed by atoms with Crippen LogP contribution in [0.25, 0.3) is 0 Å². The molecule has 132 valence electrons. The van der Waals surface area contributed by atoms with Crippen molar-refractivity contribution in [2.45, 2.75) is 25.8 Å². The van der Waals surface area contributed by atoms with Gasteiger partial charge in [0, 0.05) is 12.8 Å². The molecule has 1 aliphatic rings. The fraction of sp³-hybridized carbons (Fsp3) is 0.368. The van der Waals surface area contributed by atoms with Gasteiger partial charge in [-0.3, -0.25) is 4.79 Å². The first-order valence-electron chi connectivity index (χ1n) is 8.63. The van der Waals surface area contributed by atoms with Crippen molar-refractivity contribution < 1.29 is 19.2 Å². The van der Waals surface area contributed by atoms with E-state index in [2.05, 4.69) is 22.8 Å². The van der Waals surface area contributed by atoms with E-state index < -0.39 is 5.97 Å². The molecule has 1 aromatic carbocycles. The Morgan fingerprint density at radius 1 is 1.28 bits per heavy atom. The van der Waals surface area contributed by atoms with Gasteiger partial charge in [-0.15, -0.1) is 11.3 Å². The second-order valence-corrected chi connectivity index (χ2v) is 7.09. The van der Waals surface area contributed by atoms with Crippen molar-refractivity contribution in [2.75, 3.05) is 25.0 Å². The van der Waals surface area contributed by atoms with Gasteiger partial charge in [-0.25, -0.2) is 4.79 Å². The Bertz CT molecular complexity index is 730. The van der Waals surface area contributed by atoms with Crippen LogP contribution in [-0.2, 0) is 9.53 Å². The van der Waals surface area contributed by atoms with E-state index in [1.165, 1.54) is 9.78 Å². The van der Waals surface area contributed by atoms with Gasteiger partial charge >= 0.3 is 5.97 Å². The summed E-state index contributed by atoms with van der Waals surface area (Å²) in [5, 5.41) is 4.97. The van der Waals surface area contributed by atoms with E-state index in [1.807, 2.05) is 0 Å². The number of para-hydroxylation sites is 1. The predicted octanol–water partition coefficient (Wildman–Crippen LogP) is 2.28. The Balaban J connectivity index is 1.66. The molecule has 1 amide bonds. The van der Waals surface area contributed by atoms with Gasteiger partial charge in [0.25, 0.3) is 5.91 Å². The minimum Gasteiger partial charge on any atom is -0.462 e.